The number of carbonyl (C=O) groups is 1. The van der Waals surface area contributed by atoms with Crippen LogP contribution in [0.3, 0.4) is 0 Å². The first kappa shape index (κ1) is 18.2. The predicted octanol–water partition coefficient (Wildman–Crippen LogP) is 4.01. The van der Waals surface area contributed by atoms with Gasteiger partial charge < -0.3 is 14.5 Å². The number of rotatable bonds is 8. The van der Waals surface area contributed by atoms with Gasteiger partial charge in [0.2, 0.25) is 11.8 Å². The average molecular weight is 370 g/mol. The molecule has 0 aliphatic carbocycles. The Kier molecular flexibility index (Phi) is 6.07. The maximum Gasteiger partial charge on any atom is 0.236 e. The SMILES string of the molecule is COc1ccc(CCC(=O)NCCc2nc(-c3cccs3)oc2C)cc1. The molecular weight excluding hydrogens is 348 g/mol. The van der Waals surface area contributed by atoms with Crippen molar-refractivity contribution >= 4 is 17.2 Å². The molecule has 2 heterocycles. The van der Waals surface area contributed by atoms with Crippen molar-refractivity contribution in [2.45, 2.75) is 26.2 Å². The standard InChI is InChI=1S/C20H22N2O3S/c1-14-17(22-20(25-14)18-4-3-13-26-18)11-12-21-19(23)10-7-15-5-8-16(24-2)9-6-15/h3-6,8-9,13H,7,10-12H2,1-2H3,(H,21,23). The Morgan fingerprint density at radius 3 is 2.73 bits per heavy atom. The minimum absolute atomic E-state index is 0.0421. The zero-order valence-electron chi connectivity index (χ0n) is 15.0. The lowest BCUT2D eigenvalue weighted by molar-refractivity contribution is -0.121. The second-order valence-electron chi connectivity index (χ2n) is 5.95. The molecule has 0 unspecified atom stereocenters. The molecule has 26 heavy (non-hydrogen) atoms. The summed E-state index contributed by atoms with van der Waals surface area (Å²) in [6, 6.07) is 11.7. The number of benzene rings is 1. The Balaban J connectivity index is 1.43. The van der Waals surface area contributed by atoms with Crippen LogP contribution in [0.1, 0.15) is 23.4 Å². The average Bonchev–Trinajstić information content (AvgIpc) is 3.31. The van der Waals surface area contributed by atoms with Crippen molar-refractivity contribution in [3.8, 4) is 16.5 Å². The van der Waals surface area contributed by atoms with E-state index < -0.39 is 0 Å². The van der Waals surface area contributed by atoms with Gasteiger partial charge in [-0.1, -0.05) is 18.2 Å². The summed E-state index contributed by atoms with van der Waals surface area (Å²) in [5, 5.41) is 4.95. The van der Waals surface area contributed by atoms with Gasteiger partial charge in [-0.25, -0.2) is 4.98 Å². The zero-order valence-corrected chi connectivity index (χ0v) is 15.8. The monoisotopic (exact) mass is 370 g/mol. The van der Waals surface area contributed by atoms with E-state index in [1.165, 1.54) is 0 Å². The van der Waals surface area contributed by atoms with E-state index in [2.05, 4.69) is 10.3 Å². The zero-order chi connectivity index (χ0) is 18.4. The first-order chi connectivity index (χ1) is 12.7. The van der Waals surface area contributed by atoms with Gasteiger partial charge >= 0.3 is 0 Å². The van der Waals surface area contributed by atoms with E-state index in [0.717, 1.165) is 27.6 Å². The third-order valence-electron chi connectivity index (χ3n) is 4.11. The Bertz CT molecular complexity index is 839. The highest BCUT2D eigenvalue weighted by Crippen LogP contribution is 2.25. The molecule has 0 saturated carbocycles. The van der Waals surface area contributed by atoms with Gasteiger partial charge in [0.1, 0.15) is 11.5 Å². The third-order valence-corrected chi connectivity index (χ3v) is 4.97. The molecule has 3 aromatic rings. The van der Waals surface area contributed by atoms with Gasteiger partial charge in [-0.15, -0.1) is 11.3 Å². The summed E-state index contributed by atoms with van der Waals surface area (Å²) in [5.41, 5.74) is 2.01. The highest BCUT2D eigenvalue weighted by molar-refractivity contribution is 7.13. The molecular formula is C20H22N2O3S. The van der Waals surface area contributed by atoms with E-state index in [9.17, 15) is 4.79 Å². The van der Waals surface area contributed by atoms with Gasteiger partial charge in [0.05, 0.1) is 17.7 Å². The van der Waals surface area contributed by atoms with E-state index in [1.807, 2.05) is 48.7 Å². The number of amides is 1. The van der Waals surface area contributed by atoms with Crippen LogP contribution in [0.5, 0.6) is 5.75 Å². The minimum atomic E-state index is 0.0421. The summed E-state index contributed by atoms with van der Waals surface area (Å²) in [4.78, 5) is 17.6. The van der Waals surface area contributed by atoms with E-state index in [4.69, 9.17) is 9.15 Å². The molecule has 0 aliphatic rings. The topological polar surface area (TPSA) is 64.4 Å². The number of hydrogen-bond acceptors (Lipinski definition) is 5. The molecule has 0 radical (unpaired) electrons. The van der Waals surface area contributed by atoms with E-state index in [1.54, 1.807) is 18.4 Å². The second kappa shape index (κ2) is 8.67. The molecule has 0 bridgehead atoms. The molecule has 0 spiro atoms. The molecule has 1 amide bonds. The van der Waals surface area contributed by atoms with Crippen molar-refractivity contribution in [2.24, 2.45) is 0 Å². The quantitative estimate of drug-likeness (QED) is 0.651. The third kappa shape index (κ3) is 4.73. The summed E-state index contributed by atoms with van der Waals surface area (Å²) < 4.78 is 10.8. The highest BCUT2D eigenvalue weighted by atomic mass is 32.1. The largest absolute Gasteiger partial charge is 0.497 e. The fourth-order valence-corrected chi connectivity index (χ4v) is 3.27. The first-order valence-electron chi connectivity index (χ1n) is 8.55. The van der Waals surface area contributed by atoms with Gasteiger partial charge in [0, 0.05) is 19.4 Å². The summed E-state index contributed by atoms with van der Waals surface area (Å²) in [6.07, 6.45) is 1.83. The Morgan fingerprint density at radius 1 is 1.23 bits per heavy atom. The Labute approximate surface area is 157 Å². The van der Waals surface area contributed by atoms with Crippen LogP contribution in [-0.4, -0.2) is 24.5 Å². The lowest BCUT2D eigenvalue weighted by atomic mass is 10.1. The van der Waals surface area contributed by atoms with E-state index >= 15 is 0 Å². The number of nitrogens with one attached hydrogen (secondary N) is 1. The minimum Gasteiger partial charge on any atom is -0.497 e. The molecule has 0 saturated heterocycles. The molecule has 0 fully saturated rings. The van der Waals surface area contributed by atoms with Crippen LogP contribution in [0.2, 0.25) is 0 Å². The number of nitrogens with zero attached hydrogens (tertiary/aromatic N) is 1. The molecule has 0 aliphatic heterocycles. The number of oxazole rings is 1. The van der Waals surface area contributed by atoms with Gasteiger partial charge in [-0.3, -0.25) is 4.79 Å². The van der Waals surface area contributed by atoms with Crippen LogP contribution in [0.25, 0.3) is 10.8 Å². The fourth-order valence-electron chi connectivity index (χ4n) is 2.62. The van der Waals surface area contributed by atoms with Crippen LogP contribution < -0.4 is 10.1 Å². The van der Waals surface area contributed by atoms with Gasteiger partial charge in [0.15, 0.2) is 0 Å². The number of methoxy groups -OCH3 is 1. The number of aryl methyl sites for hydroxylation is 2. The fraction of sp³-hybridized carbons (Fsp3) is 0.300. The van der Waals surface area contributed by atoms with Crippen molar-refractivity contribution in [1.29, 1.82) is 0 Å². The maximum absolute atomic E-state index is 12.0. The van der Waals surface area contributed by atoms with Crippen LogP contribution in [-0.2, 0) is 17.6 Å². The summed E-state index contributed by atoms with van der Waals surface area (Å²) >= 11 is 1.60. The smallest absolute Gasteiger partial charge is 0.236 e. The van der Waals surface area contributed by atoms with Crippen LogP contribution >= 0.6 is 11.3 Å². The second-order valence-corrected chi connectivity index (χ2v) is 6.89. The number of ether oxygens (including phenoxy) is 1. The molecule has 1 N–H and O–H groups in total. The molecule has 6 heteroatoms. The number of thiophene rings is 1. The van der Waals surface area contributed by atoms with E-state index in [-0.39, 0.29) is 5.91 Å². The molecule has 1 aromatic carbocycles. The lowest BCUT2D eigenvalue weighted by Crippen LogP contribution is -2.26. The lowest BCUT2D eigenvalue weighted by Gasteiger charge is -2.05. The Hall–Kier alpha value is -2.60. The van der Waals surface area contributed by atoms with Crippen molar-refractivity contribution in [3.63, 3.8) is 0 Å². The van der Waals surface area contributed by atoms with Crippen LogP contribution in [0.15, 0.2) is 46.2 Å². The van der Waals surface area contributed by atoms with Gasteiger partial charge in [0.25, 0.3) is 0 Å². The van der Waals surface area contributed by atoms with Crippen LogP contribution in [0.4, 0.5) is 0 Å². The van der Waals surface area contributed by atoms with E-state index in [0.29, 0.717) is 31.7 Å². The number of hydrogen-bond donors (Lipinski definition) is 1. The van der Waals surface area contributed by atoms with Crippen molar-refractivity contribution in [1.82, 2.24) is 10.3 Å². The van der Waals surface area contributed by atoms with Crippen molar-refractivity contribution in [2.75, 3.05) is 13.7 Å². The highest BCUT2D eigenvalue weighted by Gasteiger charge is 2.12. The number of carbonyl (C=O) groups excluding carboxylic acids is 1. The summed E-state index contributed by atoms with van der Waals surface area (Å²) in [5.74, 6) is 2.32. The summed E-state index contributed by atoms with van der Waals surface area (Å²) in [6.45, 7) is 2.46. The molecule has 136 valence electrons. The normalized spacial score (nSPS) is 10.7. The molecule has 5 nitrogen and oxygen atoms in total. The summed E-state index contributed by atoms with van der Waals surface area (Å²) in [7, 11) is 1.64. The van der Waals surface area contributed by atoms with Gasteiger partial charge in [-0.2, -0.15) is 0 Å². The van der Waals surface area contributed by atoms with Crippen molar-refractivity contribution in [3.05, 3.63) is 58.8 Å². The van der Waals surface area contributed by atoms with Crippen LogP contribution in [0, 0.1) is 6.92 Å². The van der Waals surface area contributed by atoms with Gasteiger partial charge in [-0.05, 0) is 42.5 Å². The Morgan fingerprint density at radius 2 is 2.04 bits per heavy atom. The molecule has 3 rings (SSSR count). The molecule has 0 atom stereocenters. The van der Waals surface area contributed by atoms with Crippen molar-refractivity contribution < 1.29 is 13.9 Å². The maximum atomic E-state index is 12.0. The number of aromatic nitrogens is 1. The first-order valence-corrected chi connectivity index (χ1v) is 9.43. The predicted molar refractivity (Wildman–Crippen MR) is 103 cm³/mol. The molecule has 2 aromatic heterocycles.